The molecule has 3 aromatic rings. The highest BCUT2D eigenvalue weighted by molar-refractivity contribution is 5.95. The van der Waals surface area contributed by atoms with E-state index in [1.807, 2.05) is 26.0 Å². The van der Waals surface area contributed by atoms with E-state index in [2.05, 4.69) is 26.9 Å². The molecule has 11 nitrogen and oxygen atoms in total. The number of ether oxygens (including phenoxy) is 1. The fourth-order valence-electron chi connectivity index (χ4n) is 8.66. The number of aromatic nitrogens is 2. The number of carbonyl (C=O) groups is 3. The SMILES string of the molecule is CC.CC1(OC2CCN(C(=O)CC3CCCCC3)CC2)CCN(CC(=O)N2CCN(C(=O)c3cc(Cc4n[nH]c(=O)c5ccccc45)ccc3F)CC2)CC1. The van der Waals surface area contributed by atoms with Gasteiger partial charge in [0.1, 0.15) is 5.82 Å². The van der Waals surface area contributed by atoms with Gasteiger partial charge in [0, 0.05) is 70.6 Å². The number of piperidine rings is 2. The summed E-state index contributed by atoms with van der Waals surface area (Å²) in [6.07, 6.45) is 10.9. The van der Waals surface area contributed by atoms with Crippen LogP contribution in [0.1, 0.15) is 107 Å². The van der Waals surface area contributed by atoms with Crippen LogP contribution in [0, 0.1) is 11.7 Å². The van der Waals surface area contributed by atoms with Crippen LogP contribution in [0.5, 0.6) is 0 Å². The van der Waals surface area contributed by atoms with Crippen LogP contribution < -0.4 is 5.56 Å². The zero-order valence-corrected chi connectivity index (χ0v) is 33.0. The molecule has 3 amide bonds. The Morgan fingerprint density at radius 3 is 2.15 bits per heavy atom. The molecule has 55 heavy (non-hydrogen) atoms. The average Bonchev–Trinajstić information content (AvgIpc) is 3.22. The van der Waals surface area contributed by atoms with Crippen LogP contribution in [-0.4, -0.2) is 118 Å². The Balaban J connectivity index is 0.00000253. The minimum Gasteiger partial charge on any atom is -0.372 e. The molecule has 3 saturated heterocycles. The lowest BCUT2D eigenvalue weighted by molar-refractivity contribution is -0.146. The van der Waals surface area contributed by atoms with Crippen molar-refractivity contribution in [3.05, 3.63) is 75.5 Å². The Morgan fingerprint density at radius 2 is 1.45 bits per heavy atom. The number of nitrogens with one attached hydrogen (secondary N) is 1. The lowest BCUT2D eigenvalue weighted by Crippen LogP contribution is -2.54. The smallest absolute Gasteiger partial charge is 0.272 e. The minimum atomic E-state index is -0.594. The number of nitrogens with zero attached hydrogens (tertiary/aromatic N) is 5. The summed E-state index contributed by atoms with van der Waals surface area (Å²) in [5, 5.41) is 7.99. The van der Waals surface area contributed by atoms with Gasteiger partial charge in [-0.2, -0.15) is 5.10 Å². The number of amides is 3. The molecule has 1 N–H and O–H groups in total. The van der Waals surface area contributed by atoms with Gasteiger partial charge in [-0.25, -0.2) is 9.49 Å². The predicted molar refractivity (Wildman–Crippen MR) is 211 cm³/mol. The molecule has 4 aliphatic rings. The monoisotopic (exact) mass is 758 g/mol. The molecule has 0 radical (unpaired) electrons. The fraction of sp³-hybridized carbons (Fsp3) is 0.605. The van der Waals surface area contributed by atoms with Crippen molar-refractivity contribution in [2.24, 2.45) is 5.92 Å². The summed E-state index contributed by atoms with van der Waals surface area (Å²) in [6, 6.07) is 11.7. The van der Waals surface area contributed by atoms with Crippen LogP contribution in [0.3, 0.4) is 0 Å². The van der Waals surface area contributed by atoms with Gasteiger partial charge in [-0.3, -0.25) is 24.1 Å². The third-order valence-electron chi connectivity index (χ3n) is 12.0. The number of halogens is 1. The Morgan fingerprint density at radius 1 is 0.818 bits per heavy atom. The van der Waals surface area contributed by atoms with Gasteiger partial charge in [0.25, 0.3) is 11.5 Å². The zero-order valence-electron chi connectivity index (χ0n) is 33.0. The first-order valence-electron chi connectivity index (χ1n) is 20.6. The molecule has 0 spiro atoms. The lowest BCUT2D eigenvalue weighted by Gasteiger charge is -2.43. The summed E-state index contributed by atoms with van der Waals surface area (Å²) in [7, 11) is 0. The summed E-state index contributed by atoms with van der Waals surface area (Å²) < 4.78 is 21.6. The van der Waals surface area contributed by atoms with E-state index in [1.165, 1.54) is 38.2 Å². The molecule has 0 atom stereocenters. The summed E-state index contributed by atoms with van der Waals surface area (Å²) in [5.41, 5.74) is 0.822. The minimum absolute atomic E-state index is 0.0108. The molecule has 298 valence electrons. The highest BCUT2D eigenvalue weighted by atomic mass is 19.1. The number of likely N-dealkylation sites (tertiary alicyclic amines) is 2. The van der Waals surface area contributed by atoms with Crippen molar-refractivity contribution in [2.75, 3.05) is 58.9 Å². The Bertz CT molecular complexity index is 1840. The topological polar surface area (TPSA) is 119 Å². The highest BCUT2D eigenvalue weighted by Crippen LogP contribution is 2.32. The van der Waals surface area contributed by atoms with E-state index in [-0.39, 0.29) is 28.7 Å². The van der Waals surface area contributed by atoms with Crippen molar-refractivity contribution >= 4 is 28.5 Å². The second kappa shape index (κ2) is 18.7. The Labute approximate surface area is 324 Å². The third kappa shape index (κ3) is 10.2. The van der Waals surface area contributed by atoms with Crippen molar-refractivity contribution in [3.8, 4) is 0 Å². The quantitative estimate of drug-likeness (QED) is 0.293. The Kier molecular flexibility index (Phi) is 13.7. The lowest BCUT2D eigenvalue weighted by atomic mass is 9.86. The molecule has 7 rings (SSSR count). The van der Waals surface area contributed by atoms with Crippen molar-refractivity contribution < 1.29 is 23.5 Å². The molecule has 2 aromatic carbocycles. The normalized spacial score (nSPS) is 19.9. The molecule has 1 saturated carbocycles. The van der Waals surface area contributed by atoms with Crippen molar-refractivity contribution in [2.45, 2.75) is 103 Å². The number of H-pyrrole nitrogens is 1. The molecule has 12 heteroatoms. The van der Waals surface area contributed by atoms with Gasteiger partial charge >= 0.3 is 0 Å². The van der Waals surface area contributed by atoms with Gasteiger partial charge in [-0.05, 0) is 75.1 Å². The third-order valence-corrected chi connectivity index (χ3v) is 12.0. The molecular weight excluding hydrogens is 700 g/mol. The van der Waals surface area contributed by atoms with Gasteiger partial charge < -0.3 is 19.4 Å². The van der Waals surface area contributed by atoms with Gasteiger partial charge in [-0.15, -0.1) is 0 Å². The first-order valence-corrected chi connectivity index (χ1v) is 20.6. The maximum Gasteiger partial charge on any atom is 0.272 e. The number of aromatic amines is 1. The maximum absolute atomic E-state index is 15.0. The molecular formula is C43H59FN6O5. The van der Waals surface area contributed by atoms with Gasteiger partial charge in [0.05, 0.1) is 34.9 Å². The van der Waals surface area contributed by atoms with E-state index in [1.54, 1.807) is 34.1 Å². The summed E-state index contributed by atoms with van der Waals surface area (Å²) >= 11 is 0. The number of hydrogen-bond donors (Lipinski definition) is 1. The molecule has 1 aliphatic carbocycles. The second-order valence-corrected chi connectivity index (χ2v) is 15.8. The van der Waals surface area contributed by atoms with Crippen molar-refractivity contribution in [1.82, 2.24) is 29.8 Å². The van der Waals surface area contributed by atoms with Crippen LogP contribution in [-0.2, 0) is 20.7 Å². The first-order chi connectivity index (χ1) is 26.6. The fourth-order valence-corrected chi connectivity index (χ4v) is 8.66. The molecule has 0 bridgehead atoms. The number of hydrogen-bond acceptors (Lipinski definition) is 7. The van der Waals surface area contributed by atoms with E-state index in [0.717, 1.165) is 51.9 Å². The number of benzene rings is 2. The van der Waals surface area contributed by atoms with Crippen molar-refractivity contribution in [3.63, 3.8) is 0 Å². The van der Waals surface area contributed by atoms with Gasteiger partial charge in [0.15, 0.2) is 0 Å². The highest BCUT2D eigenvalue weighted by Gasteiger charge is 2.36. The summed E-state index contributed by atoms with van der Waals surface area (Å²) in [6.45, 7) is 11.1. The van der Waals surface area contributed by atoms with Crippen LogP contribution in [0.4, 0.5) is 4.39 Å². The molecule has 1 aromatic heterocycles. The second-order valence-electron chi connectivity index (χ2n) is 15.8. The number of rotatable bonds is 9. The summed E-state index contributed by atoms with van der Waals surface area (Å²) in [5.74, 6) is -0.0670. The van der Waals surface area contributed by atoms with E-state index < -0.39 is 11.7 Å². The van der Waals surface area contributed by atoms with Crippen LogP contribution in [0.2, 0.25) is 0 Å². The molecule has 0 unspecified atom stereocenters. The van der Waals surface area contributed by atoms with Crippen LogP contribution in [0.25, 0.3) is 10.8 Å². The van der Waals surface area contributed by atoms with E-state index in [9.17, 15) is 23.6 Å². The standard InChI is InChI=1S/C41H53FN6O5.C2H6/c1-41(53-31-13-17-46(18-14-31)37(49)27-29-7-3-2-4-8-29)15-19-45(20-16-41)28-38(50)47-21-23-48(24-22-47)40(52)34-25-30(11-12-35(34)42)26-36-32-9-5-6-10-33(32)39(51)44-43-36;1-2/h5-6,9-12,25,29,31H,2-4,7-8,13-24,26-28H2,1H3,(H,44,51);1-2H3. The number of fused-ring (bicyclic) bond motifs is 1. The molecule has 4 heterocycles. The maximum atomic E-state index is 15.0. The average molecular weight is 759 g/mol. The van der Waals surface area contributed by atoms with Crippen LogP contribution >= 0.6 is 0 Å². The van der Waals surface area contributed by atoms with Crippen molar-refractivity contribution in [1.29, 1.82) is 0 Å². The van der Waals surface area contributed by atoms with E-state index >= 15 is 0 Å². The molecule has 4 fully saturated rings. The van der Waals surface area contributed by atoms with Gasteiger partial charge in [-0.1, -0.05) is 57.4 Å². The summed E-state index contributed by atoms with van der Waals surface area (Å²) in [4.78, 5) is 59.5. The Hall–Kier alpha value is -4.16. The number of piperazine rings is 1. The zero-order chi connectivity index (χ0) is 39.0. The van der Waals surface area contributed by atoms with E-state index in [4.69, 9.17) is 4.74 Å². The first kappa shape index (κ1) is 40.5. The van der Waals surface area contributed by atoms with E-state index in [0.29, 0.717) is 79.4 Å². The largest absolute Gasteiger partial charge is 0.372 e. The molecule has 3 aliphatic heterocycles. The van der Waals surface area contributed by atoms with Gasteiger partial charge in [0.2, 0.25) is 11.8 Å². The van der Waals surface area contributed by atoms with Crippen LogP contribution in [0.15, 0.2) is 47.3 Å². The predicted octanol–water partition coefficient (Wildman–Crippen LogP) is 5.80. The number of carbonyl (C=O) groups excluding carboxylic acids is 3.